The van der Waals surface area contributed by atoms with Gasteiger partial charge in [0, 0.05) is 21.6 Å². The predicted octanol–water partition coefficient (Wildman–Crippen LogP) is 1.86. The van der Waals surface area contributed by atoms with Crippen molar-refractivity contribution in [2.75, 3.05) is 0 Å². The van der Waals surface area contributed by atoms with Gasteiger partial charge in [0.15, 0.2) is 0 Å². The van der Waals surface area contributed by atoms with Crippen molar-refractivity contribution in [3.63, 3.8) is 0 Å². The number of hydrogen-bond acceptors (Lipinski definition) is 2. The molecule has 2 aromatic rings. The Kier molecular flexibility index (Phi) is 2.30. The number of pyridine rings is 2. The highest BCUT2D eigenvalue weighted by Gasteiger charge is 2.00. The molecule has 0 aliphatic rings. The molecule has 0 radical (unpaired) electrons. The van der Waals surface area contributed by atoms with Crippen molar-refractivity contribution >= 4 is 33.6 Å². The number of fused-ring (bicyclic) bond motifs is 1. The first-order chi connectivity index (χ1) is 6.31. The molecule has 66 valence electrons. The highest BCUT2D eigenvalue weighted by Crippen LogP contribution is 2.09. The molecule has 0 amide bonds. The molecule has 2 aromatic heterocycles. The molecule has 4 heteroatoms. The van der Waals surface area contributed by atoms with Gasteiger partial charge in [0.1, 0.15) is 5.65 Å². The Hall–Kier alpha value is -0.910. The summed E-state index contributed by atoms with van der Waals surface area (Å²) < 4.78 is 0.720. The molecule has 0 saturated carbocycles. The molecule has 0 aromatic carbocycles. The van der Waals surface area contributed by atoms with Crippen LogP contribution < -0.4 is 5.56 Å². The summed E-state index contributed by atoms with van der Waals surface area (Å²) in [5.41, 5.74) is 1.41. The van der Waals surface area contributed by atoms with Crippen molar-refractivity contribution in [2.24, 2.45) is 0 Å². The number of H-pyrrole nitrogens is 1. The van der Waals surface area contributed by atoms with Crippen LogP contribution in [0.4, 0.5) is 0 Å². The smallest absolute Gasteiger partial charge is 0.253 e. The average molecular weight is 286 g/mol. The maximum Gasteiger partial charge on any atom is 0.253 e. The van der Waals surface area contributed by atoms with Crippen LogP contribution in [0.15, 0.2) is 29.2 Å². The Bertz CT molecular complexity index is 492. The van der Waals surface area contributed by atoms with Crippen LogP contribution in [0.1, 0.15) is 5.56 Å². The number of rotatable bonds is 1. The van der Waals surface area contributed by atoms with Crippen molar-refractivity contribution in [1.29, 1.82) is 0 Å². The Morgan fingerprint density at radius 3 is 3.15 bits per heavy atom. The summed E-state index contributed by atoms with van der Waals surface area (Å²) in [5.74, 6) is 0. The van der Waals surface area contributed by atoms with Crippen molar-refractivity contribution in [1.82, 2.24) is 9.97 Å². The third-order valence-electron chi connectivity index (χ3n) is 1.84. The first-order valence-corrected chi connectivity index (χ1v) is 5.37. The lowest BCUT2D eigenvalue weighted by Gasteiger charge is -1.98. The van der Waals surface area contributed by atoms with Crippen molar-refractivity contribution in [2.45, 2.75) is 4.43 Å². The quantitative estimate of drug-likeness (QED) is 0.642. The third-order valence-corrected chi connectivity index (χ3v) is 2.66. The second-order valence-electron chi connectivity index (χ2n) is 2.70. The van der Waals surface area contributed by atoms with E-state index in [1.807, 2.05) is 18.2 Å². The minimum Gasteiger partial charge on any atom is -0.306 e. The zero-order valence-electron chi connectivity index (χ0n) is 6.75. The van der Waals surface area contributed by atoms with Crippen LogP contribution in [0.25, 0.3) is 11.0 Å². The zero-order valence-corrected chi connectivity index (χ0v) is 8.91. The standard InChI is InChI=1S/C9H7IN2O/c10-5-7-4-6-2-1-3-11-8(6)12-9(7)13/h1-4H,5H2,(H,11,12,13). The Morgan fingerprint density at radius 1 is 1.54 bits per heavy atom. The SMILES string of the molecule is O=c1[nH]c2ncccc2cc1CI. The number of aromatic amines is 1. The Balaban J connectivity index is 2.81. The van der Waals surface area contributed by atoms with Gasteiger partial charge in [0.25, 0.3) is 5.56 Å². The lowest BCUT2D eigenvalue weighted by atomic mass is 10.2. The largest absolute Gasteiger partial charge is 0.306 e. The van der Waals surface area contributed by atoms with E-state index in [1.54, 1.807) is 6.20 Å². The van der Waals surface area contributed by atoms with E-state index < -0.39 is 0 Å². The first-order valence-electron chi connectivity index (χ1n) is 3.84. The minimum atomic E-state index is -0.0411. The highest BCUT2D eigenvalue weighted by atomic mass is 127. The van der Waals surface area contributed by atoms with E-state index in [0.717, 1.165) is 15.4 Å². The predicted molar refractivity (Wildman–Crippen MR) is 60.1 cm³/mol. The van der Waals surface area contributed by atoms with Gasteiger partial charge in [-0.15, -0.1) is 0 Å². The van der Waals surface area contributed by atoms with Gasteiger partial charge >= 0.3 is 0 Å². The lowest BCUT2D eigenvalue weighted by molar-refractivity contribution is 1.18. The van der Waals surface area contributed by atoms with Crippen molar-refractivity contribution in [3.8, 4) is 0 Å². The molecular formula is C9H7IN2O. The van der Waals surface area contributed by atoms with Gasteiger partial charge in [-0.2, -0.15) is 0 Å². The number of halogens is 1. The number of hydrogen-bond donors (Lipinski definition) is 1. The molecule has 0 atom stereocenters. The summed E-state index contributed by atoms with van der Waals surface area (Å²) in [6.45, 7) is 0. The van der Waals surface area contributed by atoms with Crippen molar-refractivity contribution < 1.29 is 0 Å². The molecule has 1 N–H and O–H groups in total. The lowest BCUT2D eigenvalue weighted by Crippen LogP contribution is -2.10. The van der Waals surface area contributed by atoms with Crippen LogP contribution in [-0.4, -0.2) is 9.97 Å². The van der Waals surface area contributed by atoms with Crippen LogP contribution in [-0.2, 0) is 4.43 Å². The molecular weight excluding hydrogens is 279 g/mol. The van der Waals surface area contributed by atoms with Gasteiger partial charge < -0.3 is 4.98 Å². The third kappa shape index (κ3) is 1.58. The zero-order chi connectivity index (χ0) is 9.26. The fourth-order valence-corrected chi connectivity index (χ4v) is 1.75. The summed E-state index contributed by atoms with van der Waals surface area (Å²) >= 11 is 2.17. The molecule has 2 heterocycles. The van der Waals surface area contributed by atoms with Gasteiger partial charge in [0.2, 0.25) is 0 Å². The fraction of sp³-hybridized carbons (Fsp3) is 0.111. The molecule has 0 spiro atoms. The second-order valence-corrected chi connectivity index (χ2v) is 3.46. The van der Waals surface area contributed by atoms with E-state index in [2.05, 4.69) is 32.6 Å². The van der Waals surface area contributed by atoms with E-state index in [1.165, 1.54) is 0 Å². The molecule has 0 aliphatic heterocycles. The van der Waals surface area contributed by atoms with Crippen LogP contribution >= 0.6 is 22.6 Å². The molecule has 13 heavy (non-hydrogen) atoms. The monoisotopic (exact) mass is 286 g/mol. The average Bonchev–Trinajstić information content (AvgIpc) is 2.17. The van der Waals surface area contributed by atoms with Crippen LogP contribution in [0.5, 0.6) is 0 Å². The van der Waals surface area contributed by atoms with Gasteiger partial charge in [-0.3, -0.25) is 4.79 Å². The number of alkyl halides is 1. The normalized spacial score (nSPS) is 10.5. The van der Waals surface area contributed by atoms with E-state index in [4.69, 9.17) is 0 Å². The molecule has 0 saturated heterocycles. The van der Waals surface area contributed by atoms with Crippen LogP contribution in [0.2, 0.25) is 0 Å². The summed E-state index contributed by atoms with van der Waals surface area (Å²) in [7, 11) is 0. The van der Waals surface area contributed by atoms with E-state index in [9.17, 15) is 4.79 Å². The van der Waals surface area contributed by atoms with Gasteiger partial charge in [-0.05, 0) is 18.2 Å². The number of aromatic nitrogens is 2. The van der Waals surface area contributed by atoms with Gasteiger partial charge in [-0.25, -0.2) is 4.98 Å². The van der Waals surface area contributed by atoms with E-state index in [0.29, 0.717) is 5.65 Å². The second kappa shape index (κ2) is 3.45. The van der Waals surface area contributed by atoms with E-state index >= 15 is 0 Å². The molecule has 0 aliphatic carbocycles. The molecule has 3 nitrogen and oxygen atoms in total. The molecule has 0 fully saturated rings. The van der Waals surface area contributed by atoms with Gasteiger partial charge in [0.05, 0.1) is 0 Å². The fourth-order valence-electron chi connectivity index (χ4n) is 1.18. The van der Waals surface area contributed by atoms with E-state index in [-0.39, 0.29) is 5.56 Å². The maximum atomic E-state index is 11.4. The summed E-state index contributed by atoms with van der Waals surface area (Å²) in [6, 6.07) is 5.68. The molecule has 0 unspecified atom stereocenters. The Labute approximate surface area is 88.3 Å². The molecule has 0 bridgehead atoms. The summed E-state index contributed by atoms with van der Waals surface area (Å²) in [4.78, 5) is 18.2. The first kappa shape index (κ1) is 8.68. The summed E-state index contributed by atoms with van der Waals surface area (Å²) in [6.07, 6.45) is 1.67. The number of nitrogens with one attached hydrogen (secondary N) is 1. The number of nitrogens with zero attached hydrogens (tertiary/aromatic N) is 1. The summed E-state index contributed by atoms with van der Waals surface area (Å²) in [5, 5.41) is 0.980. The van der Waals surface area contributed by atoms with Crippen molar-refractivity contribution in [3.05, 3.63) is 40.3 Å². The van der Waals surface area contributed by atoms with Gasteiger partial charge in [-0.1, -0.05) is 22.6 Å². The maximum absolute atomic E-state index is 11.4. The molecule has 2 rings (SSSR count). The van der Waals surface area contributed by atoms with Crippen LogP contribution in [0.3, 0.4) is 0 Å². The topological polar surface area (TPSA) is 45.8 Å². The highest BCUT2D eigenvalue weighted by molar-refractivity contribution is 14.1. The Morgan fingerprint density at radius 2 is 2.38 bits per heavy atom. The van der Waals surface area contributed by atoms with Crippen LogP contribution in [0, 0.1) is 0 Å². The minimum absolute atomic E-state index is 0.0411.